The molecular weight excluding hydrogens is 194 g/mol. The van der Waals surface area contributed by atoms with E-state index in [2.05, 4.69) is 32.0 Å². The molecule has 16 heavy (non-hydrogen) atoms. The van der Waals surface area contributed by atoms with Gasteiger partial charge in [-0.1, -0.05) is 36.6 Å². The second-order valence-corrected chi connectivity index (χ2v) is 5.25. The van der Waals surface area contributed by atoms with Gasteiger partial charge in [-0.2, -0.15) is 0 Å². The van der Waals surface area contributed by atoms with Crippen LogP contribution in [-0.4, -0.2) is 6.54 Å². The van der Waals surface area contributed by atoms with Crippen molar-refractivity contribution in [3.05, 3.63) is 34.9 Å². The Hall–Kier alpha value is -0.820. The Morgan fingerprint density at radius 3 is 2.69 bits per heavy atom. The summed E-state index contributed by atoms with van der Waals surface area (Å²) in [5.41, 5.74) is 10.3. The molecule has 0 heterocycles. The van der Waals surface area contributed by atoms with Crippen LogP contribution in [0.2, 0.25) is 0 Å². The minimum absolute atomic E-state index is 0.703. The largest absolute Gasteiger partial charge is 0.330 e. The molecule has 2 N–H and O–H groups in total. The van der Waals surface area contributed by atoms with Gasteiger partial charge in [0.1, 0.15) is 0 Å². The van der Waals surface area contributed by atoms with Gasteiger partial charge in [0.05, 0.1) is 0 Å². The van der Waals surface area contributed by atoms with Crippen LogP contribution in [-0.2, 0) is 0 Å². The van der Waals surface area contributed by atoms with Crippen LogP contribution in [0.1, 0.15) is 48.3 Å². The number of hydrogen-bond donors (Lipinski definition) is 1. The van der Waals surface area contributed by atoms with Crippen LogP contribution >= 0.6 is 0 Å². The highest BCUT2D eigenvalue weighted by Gasteiger charge is 2.26. The van der Waals surface area contributed by atoms with Crippen LogP contribution in [0, 0.1) is 19.8 Å². The number of benzene rings is 1. The van der Waals surface area contributed by atoms with Gasteiger partial charge in [0.15, 0.2) is 0 Å². The smallest absolute Gasteiger partial charge is 0.00430 e. The van der Waals surface area contributed by atoms with Crippen molar-refractivity contribution in [2.24, 2.45) is 11.7 Å². The second-order valence-electron chi connectivity index (χ2n) is 5.25. The van der Waals surface area contributed by atoms with Gasteiger partial charge >= 0.3 is 0 Å². The van der Waals surface area contributed by atoms with Gasteiger partial charge < -0.3 is 5.73 Å². The molecule has 2 unspecified atom stereocenters. The fourth-order valence-electron chi connectivity index (χ4n) is 3.06. The lowest BCUT2D eigenvalue weighted by Crippen LogP contribution is -2.25. The molecule has 1 aliphatic rings. The Labute approximate surface area is 99.0 Å². The molecule has 0 aromatic heterocycles. The number of rotatable bonds is 2. The number of hydrogen-bond acceptors (Lipinski definition) is 1. The monoisotopic (exact) mass is 217 g/mol. The average molecular weight is 217 g/mol. The molecule has 1 aliphatic carbocycles. The maximum absolute atomic E-state index is 5.92. The van der Waals surface area contributed by atoms with Gasteiger partial charge in [-0.25, -0.2) is 0 Å². The highest BCUT2D eigenvalue weighted by molar-refractivity contribution is 5.34. The summed E-state index contributed by atoms with van der Waals surface area (Å²) in [7, 11) is 0. The Balaban J connectivity index is 2.30. The molecule has 2 atom stereocenters. The van der Waals surface area contributed by atoms with E-state index in [0.29, 0.717) is 11.8 Å². The van der Waals surface area contributed by atoms with Crippen molar-refractivity contribution in [2.45, 2.75) is 45.4 Å². The van der Waals surface area contributed by atoms with Crippen molar-refractivity contribution < 1.29 is 0 Å². The summed E-state index contributed by atoms with van der Waals surface area (Å²) >= 11 is 0. The molecule has 1 nitrogen and oxygen atoms in total. The lowest BCUT2D eigenvalue weighted by molar-refractivity contribution is 0.313. The van der Waals surface area contributed by atoms with Crippen molar-refractivity contribution in [1.29, 1.82) is 0 Å². The third kappa shape index (κ3) is 2.30. The summed E-state index contributed by atoms with van der Waals surface area (Å²) in [6.07, 6.45) is 5.37. The van der Waals surface area contributed by atoms with E-state index >= 15 is 0 Å². The van der Waals surface area contributed by atoms with Crippen molar-refractivity contribution >= 4 is 0 Å². The molecule has 1 aromatic carbocycles. The fourth-order valence-corrected chi connectivity index (χ4v) is 3.06. The Kier molecular flexibility index (Phi) is 3.65. The third-order valence-electron chi connectivity index (χ3n) is 4.05. The highest BCUT2D eigenvalue weighted by atomic mass is 14.6. The van der Waals surface area contributed by atoms with Gasteiger partial charge in [0.2, 0.25) is 0 Å². The Morgan fingerprint density at radius 2 is 1.94 bits per heavy atom. The van der Waals surface area contributed by atoms with E-state index in [9.17, 15) is 0 Å². The Bertz CT molecular complexity index is 356. The van der Waals surface area contributed by atoms with Crippen molar-refractivity contribution in [3.8, 4) is 0 Å². The van der Waals surface area contributed by atoms with Gasteiger partial charge in [0, 0.05) is 0 Å². The van der Waals surface area contributed by atoms with E-state index in [1.54, 1.807) is 5.56 Å². The van der Waals surface area contributed by atoms with Crippen LogP contribution in [0.15, 0.2) is 18.2 Å². The average Bonchev–Trinajstić information content (AvgIpc) is 2.32. The van der Waals surface area contributed by atoms with Crippen LogP contribution < -0.4 is 5.73 Å². The predicted molar refractivity (Wildman–Crippen MR) is 69.7 cm³/mol. The predicted octanol–water partition coefficient (Wildman–Crippen LogP) is 3.54. The second kappa shape index (κ2) is 5.01. The number of aryl methyl sites for hydroxylation is 2. The van der Waals surface area contributed by atoms with E-state index < -0.39 is 0 Å². The number of nitrogens with two attached hydrogens (primary N) is 1. The maximum atomic E-state index is 5.92. The topological polar surface area (TPSA) is 26.0 Å². The van der Waals surface area contributed by atoms with Gasteiger partial charge in [0.25, 0.3) is 0 Å². The molecule has 1 heteroatoms. The normalized spacial score (nSPS) is 25.7. The summed E-state index contributed by atoms with van der Waals surface area (Å²) in [5.74, 6) is 1.41. The molecule has 0 aliphatic heterocycles. The molecule has 0 saturated heterocycles. The van der Waals surface area contributed by atoms with Crippen LogP contribution in [0.4, 0.5) is 0 Å². The fraction of sp³-hybridized carbons (Fsp3) is 0.600. The molecule has 1 aromatic rings. The minimum Gasteiger partial charge on any atom is -0.330 e. The molecule has 1 saturated carbocycles. The van der Waals surface area contributed by atoms with E-state index in [1.165, 1.54) is 36.8 Å². The summed E-state index contributed by atoms with van der Waals surface area (Å²) in [5, 5.41) is 0. The molecule has 2 rings (SSSR count). The summed E-state index contributed by atoms with van der Waals surface area (Å²) in [6, 6.07) is 6.83. The zero-order chi connectivity index (χ0) is 11.5. The summed E-state index contributed by atoms with van der Waals surface area (Å²) < 4.78 is 0. The van der Waals surface area contributed by atoms with E-state index in [1.807, 2.05) is 0 Å². The standard InChI is InChI=1S/C15H23N/c1-11-7-8-12(2)15(9-11)14-6-4-3-5-13(14)10-16/h7-9,13-14H,3-6,10,16H2,1-2H3. The molecule has 88 valence electrons. The first-order chi connectivity index (χ1) is 7.72. The lowest BCUT2D eigenvalue weighted by atomic mass is 9.74. The maximum Gasteiger partial charge on any atom is -0.00430 e. The zero-order valence-corrected chi connectivity index (χ0v) is 10.5. The van der Waals surface area contributed by atoms with Crippen LogP contribution in [0.3, 0.4) is 0 Å². The van der Waals surface area contributed by atoms with Crippen molar-refractivity contribution in [2.75, 3.05) is 6.54 Å². The first-order valence-corrected chi connectivity index (χ1v) is 6.49. The summed E-state index contributed by atoms with van der Waals surface area (Å²) in [4.78, 5) is 0. The lowest BCUT2D eigenvalue weighted by Gasteiger charge is -2.32. The van der Waals surface area contributed by atoms with E-state index in [-0.39, 0.29) is 0 Å². The van der Waals surface area contributed by atoms with Gasteiger partial charge in [-0.05, 0) is 56.2 Å². The SMILES string of the molecule is Cc1ccc(C)c(C2CCCCC2CN)c1. The molecule has 0 amide bonds. The highest BCUT2D eigenvalue weighted by Crippen LogP contribution is 2.38. The van der Waals surface area contributed by atoms with Gasteiger partial charge in [-0.3, -0.25) is 0 Å². The molecule has 0 spiro atoms. The van der Waals surface area contributed by atoms with Crippen LogP contribution in [0.5, 0.6) is 0 Å². The molecule has 1 fully saturated rings. The molecule has 0 radical (unpaired) electrons. The molecular formula is C15H23N. The van der Waals surface area contributed by atoms with E-state index in [0.717, 1.165) is 6.54 Å². The summed E-state index contributed by atoms with van der Waals surface area (Å²) in [6.45, 7) is 5.26. The third-order valence-corrected chi connectivity index (χ3v) is 4.05. The first-order valence-electron chi connectivity index (χ1n) is 6.49. The first kappa shape index (κ1) is 11.7. The van der Waals surface area contributed by atoms with Crippen molar-refractivity contribution in [3.63, 3.8) is 0 Å². The van der Waals surface area contributed by atoms with E-state index in [4.69, 9.17) is 5.73 Å². The van der Waals surface area contributed by atoms with Gasteiger partial charge in [-0.15, -0.1) is 0 Å². The quantitative estimate of drug-likeness (QED) is 0.805. The van der Waals surface area contributed by atoms with Crippen molar-refractivity contribution in [1.82, 2.24) is 0 Å². The minimum atomic E-state index is 0.703. The van der Waals surface area contributed by atoms with Crippen LogP contribution in [0.25, 0.3) is 0 Å². The Morgan fingerprint density at radius 1 is 1.19 bits per heavy atom. The zero-order valence-electron chi connectivity index (χ0n) is 10.5. The molecule has 0 bridgehead atoms.